The lowest BCUT2D eigenvalue weighted by Crippen LogP contribution is -2.43. The van der Waals surface area contributed by atoms with Gasteiger partial charge >= 0.3 is 0 Å². The second-order valence-corrected chi connectivity index (χ2v) is 6.72. The Kier molecular flexibility index (Phi) is 12.7. The van der Waals surface area contributed by atoms with Crippen LogP contribution in [0.3, 0.4) is 0 Å². The van der Waals surface area contributed by atoms with Crippen LogP contribution in [0.5, 0.6) is 0 Å². The summed E-state index contributed by atoms with van der Waals surface area (Å²) in [6, 6.07) is 0. The average Bonchev–Trinajstić information content (AvgIpc) is 2.33. The van der Waals surface area contributed by atoms with Gasteiger partial charge in [0.2, 0.25) is 10.4 Å². The lowest BCUT2D eigenvalue weighted by atomic mass is 9.98. The van der Waals surface area contributed by atoms with Crippen LogP contribution in [0.2, 0.25) is 0 Å². The van der Waals surface area contributed by atoms with Crippen LogP contribution in [0.15, 0.2) is 0 Å². The molecule has 0 aromatic rings. The number of hydrogen-bond acceptors (Lipinski definition) is 4. The number of rotatable bonds is 9. The molecule has 5 nitrogen and oxygen atoms in total. The van der Waals surface area contributed by atoms with E-state index >= 15 is 0 Å². The van der Waals surface area contributed by atoms with E-state index in [1.807, 2.05) is 0 Å². The van der Waals surface area contributed by atoms with Gasteiger partial charge in [0.1, 0.15) is 0 Å². The Bertz CT molecular complexity index is 315. The first kappa shape index (κ1) is 22.1. The van der Waals surface area contributed by atoms with E-state index in [2.05, 4.69) is 39.0 Å². The first-order valence-corrected chi connectivity index (χ1v) is 8.87. The molecule has 1 atom stereocenters. The van der Waals surface area contributed by atoms with Crippen LogP contribution in [0.25, 0.3) is 0 Å². The molecule has 0 saturated carbocycles. The van der Waals surface area contributed by atoms with Crippen LogP contribution in [0, 0.1) is 5.92 Å². The Morgan fingerprint density at radius 2 is 1.70 bits per heavy atom. The van der Waals surface area contributed by atoms with E-state index in [9.17, 15) is 13.0 Å². The average molecular weight is 311 g/mol. The molecule has 0 fully saturated rings. The van der Waals surface area contributed by atoms with E-state index in [1.54, 1.807) is 0 Å². The summed E-state index contributed by atoms with van der Waals surface area (Å²) in [6.07, 6.45) is 5.52. The molecular formula is C14H33NO4S. The molecule has 124 valence electrons. The predicted molar refractivity (Wildman–Crippen MR) is 82.1 cm³/mol. The maximum atomic E-state index is 9.45. The number of hydrogen-bond donors (Lipinski definition) is 0. The molecule has 0 amide bonds. The number of unbranched alkanes of at least 4 members (excludes halogenated alkanes) is 1. The molecule has 20 heavy (non-hydrogen) atoms. The molecule has 1 unspecified atom stereocenters. The van der Waals surface area contributed by atoms with E-state index < -0.39 is 10.4 Å². The Hall–Kier alpha value is -0.170. The van der Waals surface area contributed by atoms with E-state index in [0.29, 0.717) is 0 Å². The van der Waals surface area contributed by atoms with Crippen molar-refractivity contribution in [1.29, 1.82) is 0 Å². The summed E-state index contributed by atoms with van der Waals surface area (Å²) in [7, 11) is 0.260. The van der Waals surface area contributed by atoms with Gasteiger partial charge in [-0.3, -0.25) is 4.18 Å². The van der Waals surface area contributed by atoms with Gasteiger partial charge in [0.05, 0.1) is 33.8 Å². The highest BCUT2D eigenvalue weighted by molar-refractivity contribution is 7.80. The molecule has 0 saturated heterocycles. The Labute approximate surface area is 125 Å². The third-order valence-electron chi connectivity index (χ3n) is 3.41. The summed E-state index contributed by atoms with van der Waals surface area (Å²) in [5, 5.41) is 0. The number of nitrogens with zero attached hydrogens (tertiary/aromatic N) is 1. The molecule has 0 aromatic carbocycles. The van der Waals surface area contributed by atoms with Crippen molar-refractivity contribution < 1.29 is 21.6 Å². The smallest absolute Gasteiger partial charge is 0.217 e. The highest BCUT2D eigenvalue weighted by Gasteiger charge is 2.18. The maximum Gasteiger partial charge on any atom is 0.217 e. The molecule has 0 rings (SSSR count). The van der Waals surface area contributed by atoms with Gasteiger partial charge < -0.3 is 9.04 Å². The fourth-order valence-electron chi connectivity index (χ4n) is 1.89. The summed E-state index contributed by atoms with van der Waals surface area (Å²) >= 11 is 0. The van der Waals surface area contributed by atoms with Crippen molar-refractivity contribution in [3.8, 4) is 0 Å². The molecular weight excluding hydrogens is 278 g/mol. The summed E-state index contributed by atoms with van der Waals surface area (Å²) in [5.74, 6) is 0.940. The Morgan fingerprint density at radius 3 is 1.95 bits per heavy atom. The second-order valence-electron chi connectivity index (χ2n) is 5.67. The Balaban J connectivity index is 0. The van der Waals surface area contributed by atoms with Gasteiger partial charge in [-0.15, -0.1) is 0 Å². The van der Waals surface area contributed by atoms with Crippen molar-refractivity contribution in [3.05, 3.63) is 0 Å². The van der Waals surface area contributed by atoms with Crippen LogP contribution < -0.4 is 0 Å². The zero-order valence-corrected chi connectivity index (χ0v) is 14.8. The van der Waals surface area contributed by atoms with Crippen molar-refractivity contribution in [3.63, 3.8) is 0 Å². The third kappa shape index (κ3) is 15.9. The van der Waals surface area contributed by atoms with E-state index in [-0.39, 0.29) is 6.61 Å². The van der Waals surface area contributed by atoms with Crippen molar-refractivity contribution in [2.24, 2.45) is 5.92 Å². The zero-order chi connectivity index (χ0) is 16.2. The molecule has 0 aromatic heterocycles. The first-order chi connectivity index (χ1) is 9.11. The number of quaternary nitrogens is 1. The second kappa shape index (κ2) is 11.5. The highest BCUT2D eigenvalue weighted by Crippen LogP contribution is 2.16. The summed E-state index contributed by atoms with van der Waals surface area (Å²) in [5.41, 5.74) is 0. The van der Waals surface area contributed by atoms with Gasteiger partial charge in [0.15, 0.2) is 0 Å². The molecule has 0 N–H and O–H groups in total. The quantitative estimate of drug-likeness (QED) is 0.373. The molecule has 0 spiro atoms. The lowest BCUT2D eigenvalue weighted by Gasteiger charge is -2.32. The van der Waals surface area contributed by atoms with Crippen LogP contribution >= 0.6 is 0 Å². The van der Waals surface area contributed by atoms with Crippen LogP contribution in [0.4, 0.5) is 0 Å². The predicted octanol–water partition coefficient (Wildman–Crippen LogP) is 2.78. The summed E-state index contributed by atoms with van der Waals surface area (Å²) in [6.45, 7) is 10.8. The largest absolute Gasteiger partial charge is 0.726 e. The van der Waals surface area contributed by atoms with Crippen molar-refractivity contribution in [2.75, 3.05) is 33.8 Å². The summed E-state index contributed by atoms with van der Waals surface area (Å²) in [4.78, 5) is 0. The monoisotopic (exact) mass is 311 g/mol. The van der Waals surface area contributed by atoms with Gasteiger partial charge in [-0.1, -0.05) is 26.7 Å². The third-order valence-corrected chi connectivity index (χ3v) is 3.94. The molecule has 6 heteroatoms. The SMILES string of the molecule is CCCCC(CC)C[N+](C)(C)CC.CCOS(=O)(=O)[O-]. The van der Waals surface area contributed by atoms with Crippen LogP contribution in [0.1, 0.15) is 53.4 Å². The minimum absolute atomic E-state index is 0.0914. The topological polar surface area (TPSA) is 66.4 Å². The van der Waals surface area contributed by atoms with Gasteiger partial charge in [0.25, 0.3) is 0 Å². The van der Waals surface area contributed by atoms with Crippen LogP contribution in [-0.2, 0) is 14.6 Å². The molecule has 0 radical (unpaired) electrons. The van der Waals surface area contributed by atoms with Gasteiger partial charge in [-0.2, -0.15) is 0 Å². The maximum absolute atomic E-state index is 9.45. The molecule has 0 aliphatic heterocycles. The van der Waals surface area contributed by atoms with Gasteiger partial charge in [-0.05, 0) is 26.7 Å². The van der Waals surface area contributed by atoms with Crippen molar-refractivity contribution >= 4 is 10.4 Å². The van der Waals surface area contributed by atoms with E-state index in [1.165, 1.54) is 50.2 Å². The van der Waals surface area contributed by atoms with Crippen molar-refractivity contribution in [2.45, 2.75) is 53.4 Å². The Morgan fingerprint density at radius 1 is 1.15 bits per heavy atom. The van der Waals surface area contributed by atoms with Gasteiger partial charge in [0, 0.05) is 5.92 Å². The molecule has 0 heterocycles. The standard InChI is InChI=1S/C12H28N.C2H6O4S/c1-6-9-10-12(7-2)11-13(4,5)8-3;1-2-6-7(3,4)5/h12H,6-11H2,1-5H3;2H2,1H3,(H,3,4,5)/q+1;/p-1. The van der Waals surface area contributed by atoms with Crippen molar-refractivity contribution in [1.82, 2.24) is 0 Å². The zero-order valence-electron chi connectivity index (χ0n) is 14.0. The molecule has 0 aliphatic carbocycles. The van der Waals surface area contributed by atoms with Crippen LogP contribution in [-0.4, -0.2) is 51.2 Å². The summed E-state index contributed by atoms with van der Waals surface area (Å²) < 4.78 is 33.2. The molecule has 0 aliphatic rings. The fourth-order valence-corrected chi connectivity index (χ4v) is 2.18. The van der Waals surface area contributed by atoms with E-state index in [4.69, 9.17) is 0 Å². The minimum Gasteiger partial charge on any atom is -0.726 e. The normalized spacial score (nSPS) is 13.6. The fraction of sp³-hybridized carbons (Fsp3) is 1.00. The first-order valence-electron chi connectivity index (χ1n) is 7.54. The van der Waals surface area contributed by atoms with E-state index in [0.717, 1.165) is 5.92 Å². The highest BCUT2D eigenvalue weighted by atomic mass is 32.3. The minimum atomic E-state index is -4.42. The molecule has 0 bridgehead atoms. The lowest BCUT2D eigenvalue weighted by molar-refractivity contribution is -0.892. The van der Waals surface area contributed by atoms with Gasteiger partial charge in [-0.25, -0.2) is 8.42 Å².